The van der Waals surface area contributed by atoms with Gasteiger partial charge in [-0.05, 0) is 13.8 Å². The number of aromatic carboxylic acids is 1. The van der Waals surface area contributed by atoms with Crippen LogP contribution >= 0.6 is 11.3 Å². The van der Waals surface area contributed by atoms with Crippen LogP contribution in [-0.2, 0) is 9.53 Å². The van der Waals surface area contributed by atoms with E-state index in [2.05, 4.69) is 5.32 Å². The summed E-state index contributed by atoms with van der Waals surface area (Å²) < 4.78 is 4.88. The molecule has 1 rings (SSSR count). The summed E-state index contributed by atoms with van der Waals surface area (Å²) in [6.45, 7) is 5.09. The van der Waals surface area contributed by atoms with Gasteiger partial charge >= 0.3 is 11.9 Å². The number of carboxylic acids is 1. The number of carbonyl (C=O) groups is 3. The zero-order chi connectivity index (χ0) is 14.6. The molecule has 1 aromatic heterocycles. The number of nitrogens with one attached hydrogen (secondary N) is 1. The normalized spacial score (nSPS) is 10.1. The highest BCUT2D eigenvalue weighted by atomic mass is 32.1. The Bertz CT molecular complexity index is 520. The van der Waals surface area contributed by atoms with Gasteiger partial charge in [0.2, 0.25) is 5.91 Å². The predicted octanol–water partition coefficient (Wildman–Crippen LogP) is 2.28. The molecule has 0 saturated carbocycles. The van der Waals surface area contributed by atoms with E-state index in [1.807, 2.05) is 0 Å². The summed E-state index contributed by atoms with van der Waals surface area (Å²) in [6, 6.07) is 0. The van der Waals surface area contributed by atoms with Gasteiger partial charge in [0.15, 0.2) is 0 Å². The van der Waals surface area contributed by atoms with E-state index >= 15 is 0 Å². The molecule has 0 bridgehead atoms. The fourth-order valence-electron chi connectivity index (χ4n) is 1.49. The number of amides is 1. The molecule has 0 aliphatic heterocycles. The molecule has 2 N–H and O–H groups in total. The van der Waals surface area contributed by atoms with Gasteiger partial charge in [0.25, 0.3) is 0 Å². The van der Waals surface area contributed by atoms with Crippen molar-refractivity contribution in [2.24, 2.45) is 0 Å². The molecule has 0 aliphatic rings. The highest BCUT2D eigenvalue weighted by Gasteiger charge is 2.26. The van der Waals surface area contributed by atoms with E-state index in [1.54, 1.807) is 20.8 Å². The number of thiophene rings is 1. The van der Waals surface area contributed by atoms with Gasteiger partial charge in [0.05, 0.1) is 17.9 Å². The maximum atomic E-state index is 11.8. The molecule has 0 aromatic carbocycles. The van der Waals surface area contributed by atoms with Crippen molar-refractivity contribution in [3.8, 4) is 0 Å². The fraction of sp³-hybridized carbons (Fsp3) is 0.417. The van der Waals surface area contributed by atoms with E-state index in [1.165, 1.54) is 0 Å². The van der Waals surface area contributed by atoms with Crippen LogP contribution < -0.4 is 5.32 Å². The number of anilines is 1. The number of carbonyl (C=O) groups excluding carboxylic acids is 2. The molecule has 0 aliphatic carbocycles. The second-order valence-electron chi connectivity index (χ2n) is 3.66. The number of esters is 1. The van der Waals surface area contributed by atoms with E-state index in [-0.39, 0.29) is 35.1 Å². The van der Waals surface area contributed by atoms with Crippen molar-refractivity contribution in [2.75, 3.05) is 11.9 Å². The van der Waals surface area contributed by atoms with Gasteiger partial charge in [-0.1, -0.05) is 6.92 Å². The van der Waals surface area contributed by atoms with E-state index < -0.39 is 11.9 Å². The average molecular weight is 285 g/mol. The van der Waals surface area contributed by atoms with Crippen molar-refractivity contribution >= 4 is 34.9 Å². The predicted molar refractivity (Wildman–Crippen MR) is 70.9 cm³/mol. The lowest BCUT2D eigenvalue weighted by atomic mass is 10.2. The Hall–Kier alpha value is -1.89. The van der Waals surface area contributed by atoms with Crippen molar-refractivity contribution in [3.63, 3.8) is 0 Å². The molecular weight excluding hydrogens is 270 g/mol. The molecule has 0 unspecified atom stereocenters. The number of carboxylic acid groups (broad SMARTS) is 1. The lowest BCUT2D eigenvalue weighted by Gasteiger charge is -2.07. The van der Waals surface area contributed by atoms with Crippen molar-refractivity contribution in [1.82, 2.24) is 0 Å². The van der Waals surface area contributed by atoms with Gasteiger partial charge < -0.3 is 15.2 Å². The molecule has 0 atom stereocenters. The zero-order valence-electron chi connectivity index (χ0n) is 10.9. The minimum Gasteiger partial charge on any atom is -0.477 e. The third-order valence-electron chi connectivity index (χ3n) is 2.34. The van der Waals surface area contributed by atoms with Crippen LogP contribution in [0, 0.1) is 6.92 Å². The summed E-state index contributed by atoms with van der Waals surface area (Å²) in [6.07, 6.45) is 0.191. The zero-order valence-corrected chi connectivity index (χ0v) is 11.7. The summed E-state index contributed by atoms with van der Waals surface area (Å²) in [4.78, 5) is 34.9. The maximum Gasteiger partial charge on any atom is 0.348 e. The first-order valence-corrected chi connectivity index (χ1v) is 6.57. The van der Waals surface area contributed by atoms with Crippen molar-refractivity contribution in [2.45, 2.75) is 27.2 Å². The fourth-order valence-corrected chi connectivity index (χ4v) is 2.43. The van der Waals surface area contributed by atoms with Gasteiger partial charge in [-0.25, -0.2) is 9.59 Å². The third kappa shape index (κ3) is 3.31. The molecule has 0 spiro atoms. The molecular formula is C12H15NO5S. The van der Waals surface area contributed by atoms with Crippen LogP contribution in [0.5, 0.6) is 0 Å². The molecule has 7 heteroatoms. The topological polar surface area (TPSA) is 92.7 Å². The van der Waals surface area contributed by atoms with Crippen LogP contribution in [0.3, 0.4) is 0 Å². The Morgan fingerprint density at radius 1 is 1.32 bits per heavy atom. The molecule has 1 heterocycles. The Balaban J connectivity index is 3.31. The standard InChI is InChI=1S/C12H15NO5S/c1-4-7(14)13-9-8(12(17)18-5-2)6(3)19-10(9)11(15)16/h4-5H2,1-3H3,(H,13,14)(H,15,16). The Morgan fingerprint density at radius 3 is 2.42 bits per heavy atom. The summed E-state index contributed by atoms with van der Waals surface area (Å²) in [5.41, 5.74) is 0.145. The SMILES string of the molecule is CCOC(=O)c1c(C)sc(C(=O)O)c1NC(=O)CC. The number of rotatable bonds is 5. The Kier molecular flexibility index (Phi) is 5.05. The Morgan fingerprint density at radius 2 is 1.95 bits per heavy atom. The first-order valence-electron chi connectivity index (χ1n) is 5.75. The van der Waals surface area contributed by atoms with Crippen LogP contribution in [0.25, 0.3) is 0 Å². The van der Waals surface area contributed by atoms with E-state index in [0.717, 1.165) is 11.3 Å². The summed E-state index contributed by atoms with van der Waals surface area (Å²) in [5.74, 6) is -2.17. The molecule has 19 heavy (non-hydrogen) atoms. The first kappa shape index (κ1) is 15.2. The van der Waals surface area contributed by atoms with Crippen LogP contribution in [0.15, 0.2) is 0 Å². The van der Waals surface area contributed by atoms with Gasteiger partial charge in [-0.3, -0.25) is 4.79 Å². The van der Waals surface area contributed by atoms with Crippen LogP contribution in [0.4, 0.5) is 5.69 Å². The number of ether oxygens (including phenoxy) is 1. The number of hydrogen-bond donors (Lipinski definition) is 2. The molecule has 6 nitrogen and oxygen atoms in total. The largest absolute Gasteiger partial charge is 0.477 e. The van der Waals surface area contributed by atoms with E-state index in [4.69, 9.17) is 9.84 Å². The lowest BCUT2D eigenvalue weighted by Crippen LogP contribution is -2.16. The van der Waals surface area contributed by atoms with Crippen LogP contribution in [0.2, 0.25) is 0 Å². The van der Waals surface area contributed by atoms with Crippen molar-refractivity contribution in [1.29, 1.82) is 0 Å². The molecule has 0 saturated heterocycles. The highest BCUT2D eigenvalue weighted by Crippen LogP contribution is 2.33. The molecule has 0 fully saturated rings. The monoisotopic (exact) mass is 285 g/mol. The second kappa shape index (κ2) is 6.33. The summed E-state index contributed by atoms with van der Waals surface area (Å²) >= 11 is 0.941. The van der Waals surface area contributed by atoms with Crippen molar-refractivity contribution < 1.29 is 24.2 Å². The Labute approximate surface area is 114 Å². The second-order valence-corrected chi connectivity index (χ2v) is 4.89. The van der Waals surface area contributed by atoms with E-state index in [9.17, 15) is 14.4 Å². The highest BCUT2D eigenvalue weighted by molar-refractivity contribution is 7.15. The third-order valence-corrected chi connectivity index (χ3v) is 3.44. The molecule has 104 valence electrons. The van der Waals surface area contributed by atoms with Crippen molar-refractivity contribution in [3.05, 3.63) is 15.3 Å². The molecule has 0 radical (unpaired) electrons. The number of aryl methyl sites for hydroxylation is 1. The average Bonchev–Trinajstić information content (AvgIpc) is 2.66. The summed E-state index contributed by atoms with van der Waals surface area (Å²) in [5, 5.41) is 11.6. The van der Waals surface area contributed by atoms with Gasteiger partial charge in [-0.15, -0.1) is 11.3 Å². The summed E-state index contributed by atoms with van der Waals surface area (Å²) in [7, 11) is 0. The van der Waals surface area contributed by atoms with Gasteiger partial charge in [0, 0.05) is 11.3 Å². The molecule has 1 aromatic rings. The lowest BCUT2D eigenvalue weighted by molar-refractivity contribution is -0.115. The van der Waals surface area contributed by atoms with Gasteiger partial charge in [0.1, 0.15) is 4.88 Å². The van der Waals surface area contributed by atoms with Gasteiger partial charge in [-0.2, -0.15) is 0 Å². The minimum atomic E-state index is -1.19. The van der Waals surface area contributed by atoms with Crippen LogP contribution in [0.1, 0.15) is 45.2 Å². The maximum absolute atomic E-state index is 11.8. The minimum absolute atomic E-state index is 0.0281. The quantitative estimate of drug-likeness (QED) is 0.810. The molecule has 1 amide bonds. The van der Waals surface area contributed by atoms with E-state index in [0.29, 0.717) is 4.88 Å². The number of hydrogen-bond acceptors (Lipinski definition) is 5. The van der Waals surface area contributed by atoms with Crippen LogP contribution in [-0.4, -0.2) is 29.6 Å². The smallest absolute Gasteiger partial charge is 0.348 e. The first-order chi connectivity index (χ1) is 8.92.